The summed E-state index contributed by atoms with van der Waals surface area (Å²) in [6.07, 6.45) is 2.00. The van der Waals surface area contributed by atoms with E-state index in [2.05, 4.69) is 35.6 Å². The molecule has 3 heterocycles. The van der Waals surface area contributed by atoms with E-state index in [4.69, 9.17) is 10.9 Å². The highest BCUT2D eigenvalue weighted by atomic mass is 32.2. The summed E-state index contributed by atoms with van der Waals surface area (Å²) in [6, 6.07) is 5.32. The minimum absolute atomic E-state index is 0.116. The van der Waals surface area contributed by atoms with Gasteiger partial charge < -0.3 is 11.1 Å². The number of nitrogens with two attached hydrogens (primary N) is 2. The van der Waals surface area contributed by atoms with Gasteiger partial charge in [-0.1, -0.05) is 6.07 Å². The fourth-order valence-electron chi connectivity index (χ4n) is 3.44. The maximum absolute atomic E-state index is 13.1. The van der Waals surface area contributed by atoms with E-state index >= 15 is 0 Å². The van der Waals surface area contributed by atoms with Crippen LogP contribution in [0, 0.1) is 0 Å². The van der Waals surface area contributed by atoms with Crippen molar-refractivity contribution in [2.45, 2.75) is 22.3 Å². The molecule has 1 aliphatic rings. The molecule has 0 radical (unpaired) electrons. The Morgan fingerprint density at radius 1 is 1.16 bits per heavy atom. The van der Waals surface area contributed by atoms with E-state index in [0.717, 1.165) is 0 Å². The summed E-state index contributed by atoms with van der Waals surface area (Å²) in [6.45, 7) is 1.07. The van der Waals surface area contributed by atoms with Crippen LogP contribution in [0.25, 0.3) is 22.5 Å². The Hall–Kier alpha value is -2.98. The summed E-state index contributed by atoms with van der Waals surface area (Å²) in [5.74, 6) is 0.0369. The second-order valence-corrected chi connectivity index (χ2v) is 10.1. The standard InChI is InChI=1S/C16H19N9O4S2/c17-13-7-9(3-6-20-13)11-1-2-12(31(28,29)23-10-4-5-19-8-10)15(30(18,26)27)14(11)16-21-24-25-22-16/h1-3,6-7,10,19,23H,4-5,8H2,(H2,17,20)(H2,18,26,27)(H,21,22,24,25). The molecule has 1 saturated heterocycles. The Morgan fingerprint density at radius 2 is 1.97 bits per heavy atom. The molecule has 1 atom stereocenters. The third kappa shape index (κ3) is 4.26. The number of hydrogen-bond donors (Lipinski definition) is 5. The Morgan fingerprint density at radius 3 is 2.58 bits per heavy atom. The van der Waals surface area contributed by atoms with Gasteiger partial charge in [0.1, 0.15) is 15.6 Å². The van der Waals surface area contributed by atoms with Crippen LogP contribution in [-0.4, -0.2) is 61.6 Å². The van der Waals surface area contributed by atoms with Crippen LogP contribution >= 0.6 is 0 Å². The highest BCUT2D eigenvalue weighted by molar-refractivity contribution is 7.92. The first-order valence-electron chi connectivity index (χ1n) is 9.05. The quantitative estimate of drug-likeness (QED) is 0.293. The zero-order valence-electron chi connectivity index (χ0n) is 16.0. The van der Waals surface area contributed by atoms with Crippen molar-refractivity contribution in [3.05, 3.63) is 30.5 Å². The summed E-state index contributed by atoms with van der Waals surface area (Å²) in [7, 11) is -8.80. The predicted molar refractivity (Wildman–Crippen MR) is 110 cm³/mol. The Labute approximate surface area is 177 Å². The monoisotopic (exact) mass is 465 g/mol. The lowest BCUT2D eigenvalue weighted by atomic mass is 10.00. The number of hydrogen-bond acceptors (Lipinski definition) is 10. The minimum Gasteiger partial charge on any atom is -0.384 e. The van der Waals surface area contributed by atoms with Gasteiger partial charge in [0.2, 0.25) is 25.9 Å². The van der Waals surface area contributed by atoms with Crippen LogP contribution in [0.2, 0.25) is 0 Å². The highest BCUT2D eigenvalue weighted by Gasteiger charge is 2.33. The molecule has 164 valence electrons. The maximum atomic E-state index is 13.1. The SMILES string of the molecule is Nc1cc(-c2ccc(S(=O)(=O)NC3CCNC3)c(S(N)(=O)=O)c2-c2nn[nH]n2)ccn1. The van der Waals surface area contributed by atoms with Crippen LogP contribution < -0.4 is 20.9 Å². The van der Waals surface area contributed by atoms with Crippen molar-refractivity contribution in [2.24, 2.45) is 5.14 Å². The number of aromatic amines is 1. The molecular formula is C16H19N9O4S2. The van der Waals surface area contributed by atoms with Crippen LogP contribution in [0.1, 0.15) is 6.42 Å². The van der Waals surface area contributed by atoms with Crippen LogP contribution in [0.3, 0.4) is 0 Å². The van der Waals surface area contributed by atoms with E-state index in [-0.39, 0.29) is 23.2 Å². The van der Waals surface area contributed by atoms with E-state index in [1.165, 1.54) is 24.4 Å². The summed E-state index contributed by atoms with van der Waals surface area (Å²) < 4.78 is 54.1. The number of anilines is 1. The molecule has 13 nitrogen and oxygen atoms in total. The number of nitrogen functional groups attached to an aromatic ring is 1. The number of benzene rings is 1. The third-order valence-corrected chi connectivity index (χ3v) is 7.42. The number of nitrogens with zero attached hydrogens (tertiary/aromatic N) is 4. The van der Waals surface area contributed by atoms with E-state index < -0.39 is 29.8 Å². The van der Waals surface area contributed by atoms with Crippen molar-refractivity contribution in [1.82, 2.24) is 35.6 Å². The molecule has 15 heteroatoms. The lowest BCUT2D eigenvalue weighted by Gasteiger charge is -2.18. The number of tetrazole rings is 1. The number of aromatic nitrogens is 5. The van der Waals surface area contributed by atoms with E-state index in [1.54, 1.807) is 6.07 Å². The molecule has 1 aromatic carbocycles. The fourth-order valence-corrected chi connectivity index (χ4v) is 6.31. The average Bonchev–Trinajstić information content (AvgIpc) is 3.40. The molecular weight excluding hydrogens is 446 g/mol. The van der Waals surface area contributed by atoms with Gasteiger partial charge in [-0.05, 0) is 47.5 Å². The van der Waals surface area contributed by atoms with Crippen molar-refractivity contribution in [3.8, 4) is 22.5 Å². The van der Waals surface area contributed by atoms with Gasteiger partial charge in [-0.2, -0.15) is 5.21 Å². The predicted octanol–water partition coefficient (Wildman–Crippen LogP) is -1.20. The van der Waals surface area contributed by atoms with Crippen molar-refractivity contribution >= 4 is 25.9 Å². The topological polar surface area (TPSA) is 212 Å². The lowest BCUT2D eigenvalue weighted by molar-refractivity contribution is 0.555. The van der Waals surface area contributed by atoms with Crippen LogP contribution in [0.4, 0.5) is 5.82 Å². The molecule has 31 heavy (non-hydrogen) atoms. The zero-order chi connectivity index (χ0) is 22.2. The van der Waals surface area contributed by atoms with Gasteiger partial charge >= 0.3 is 0 Å². The average molecular weight is 466 g/mol. The van der Waals surface area contributed by atoms with Gasteiger partial charge in [0.05, 0.1) is 5.56 Å². The van der Waals surface area contributed by atoms with Crippen LogP contribution in [-0.2, 0) is 20.0 Å². The first kappa shape index (κ1) is 21.3. The molecule has 0 spiro atoms. The second kappa shape index (κ2) is 7.93. The highest BCUT2D eigenvalue weighted by Crippen LogP contribution is 2.38. The molecule has 4 rings (SSSR count). The first-order valence-corrected chi connectivity index (χ1v) is 12.1. The third-order valence-electron chi connectivity index (χ3n) is 4.74. The number of rotatable bonds is 6. The molecule has 2 aromatic heterocycles. The second-order valence-electron chi connectivity index (χ2n) is 6.88. The Balaban J connectivity index is 2.01. The van der Waals surface area contributed by atoms with E-state index in [1.807, 2.05) is 0 Å². The van der Waals surface area contributed by atoms with Crippen LogP contribution in [0.15, 0.2) is 40.3 Å². The molecule has 0 amide bonds. The van der Waals surface area contributed by atoms with Gasteiger partial charge in [0.25, 0.3) is 0 Å². The van der Waals surface area contributed by atoms with Gasteiger partial charge in [-0.3, -0.25) is 0 Å². The smallest absolute Gasteiger partial charge is 0.242 e. The van der Waals surface area contributed by atoms with E-state index in [9.17, 15) is 16.8 Å². The summed E-state index contributed by atoms with van der Waals surface area (Å²) >= 11 is 0. The number of sulfonamides is 2. The molecule has 1 aliphatic heterocycles. The van der Waals surface area contributed by atoms with Gasteiger partial charge in [-0.15, -0.1) is 10.2 Å². The van der Waals surface area contributed by atoms with Gasteiger partial charge in [0.15, 0.2) is 0 Å². The number of pyridine rings is 1. The first-order chi connectivity index (χ1) is 14.7. The van der Waals surface area contributed by atoms with Crippen molar-refractivity contribution in [1.29, 1.82) is 0 Å². The van der Waals surface area contributed by atoms with Crippen molar-refractivity contribution in [2.75, 3.05) is 18.8 Å². The molecule has 1 unspecified atom stereocenters. The summed E-state index contributed by atoms with van der Waals surface area (Å²) in [4.78, 5) is 2.77. The van der Waals surface area contributed by atoms with Gasteiger partial charge in [-0.25, -0.2) is 31.7 Å². The minimum atomic E-state index is -4.55. The molecule has 7 N–H and O–H groups in total. The fraction of sp³-hybridized carbons (Fsp3) is 0.250. The largest absolute Gasteiger partial charge is 0.384 e. The van der Waals surface area contributed by atoms with Gasteiger partial charge in [0, 0.05) is 18.8 Å². The Bertz CT molecular complexity index is 1320. The molecule has 3 aromatic rings. The normalized spacial score (nSPS) is 17.1. The Kier molecular flexibility index (Phi) is 5.44. The number of H-pyrrole nitrogens is 1. The summed E-state index contributed by atoms with van der Waals surface area (Å²) in [5.41, 5.74) is 6.41. The van der Waals surface area contributed by atoms with Crippen molar-refractivity contribution in [3.63, 3.8) is 0 Å². The molecule has 0 saturated carbocycles. The molecule has 0 aliphatic carbocycles. The molecule has 1 fully saturated rings. The molecule has 0 bridgehead atoms. The van der Waals surface area contributed by atoms with Crippen LogP contribution in [0.5, 0.6) is 0 Å². The zero-order valence-corrected chi connectivity index (χ0v) is 17.6. The number of primary sulfonamides is 1. The lowest BCUT2D eigenvalue weighted by Crippen LogP contribution is -2.37. The number of nitrogens with one attached hydrogen (secondary N) is 3. The van der Waals surface area contributed by atoms with Crippen molar-refractivity contribution < 1.29 is 16.8 Å². The summed E-state index contributed by atoms with van der Waals surface area (Å²) in [5, 5.41) is 21.9. The maximum Gasteiger partial charge on any atom is 0.242 e. The van der Waals surface area contributed by atoms with E-state index in [0.29, 0.717) is 30.6 Å².